The van der Waals surface area contributed by atoms with Crippen LogP contribution in [-0.4, -0.2) is 50.2 Å². The lowest BCUT2D eigenvalue weighted by Crippen LogP contribution is -2.52. The van der Waals surface area contributed by atoms with E-state index in [0.717, 1.165) is 41.4 Å². The molecule has 0 spiro atoms. The first-order valence-electron chi connectivity index (χ1n) is 9.93. The van der Waals surface area contributed by atoms with Crippen molar-refractivity contribution in [2.75, 3.05) is 38.2 Å². The van der Waals surface area contributed by atoms with Crippen LogP contribution in [0, 0.1) is 13.8 Å². The molecule has 1 heterocycles. The number of benzene rings is 2. The summed E-state index contributed by atoms with van der Waals surface area (Å²) in [6, 6.07) is 14.1. The maximum absolute atomic E-state index is 13.0. The van der Waals surface area contributed by atoms with Gasteiger partial charge in [-0.1, -0.05) is 25.1 Å². The molecule has 1 fully saturated rings. The minimum atomic E-state index is -0.445. The first-order chi connectivity index (χ1) is 13.5. The van der Waals surface area contributed by atoms with Crippen molar-refractivity contribution < 1.29 is 14.3 Å². The quantitative estimate of drug-likeness (QED) is 0.762. The zero-order chi connectivity index (χ0) is 20.1. The van der Waals surface area contributed by atoms with E-state index in [1.807, 2.05) is 56.0 Å². The Hall–Kier alpha value is -2.69. The lowest BCUT2D eigenvalue weighted by Gasteiger charge is -2.37. The number of aryl methyl sites for hydroxylation is 2. The van der Waals surface area contributed by atoms with E-state index >= 15 is 0 Å². The van der Waals surface area contributed by atoms with Gasteiger partial charge in [-0.05, 0) is 55.7 Å². The molecule has 0 unspecified atom stereocenters. The maximum atomic E-state index is 13.0. The Labute approximate surface area is 167 Å². The van der Waals surface area contributed by atoms with Crippen molar-refractivity contribution in [3.8, 4) is 11.5 Å². The molecule has 2 aromatic rings. The van der Waals surface area contributed by atoms with Gasteiger partial charge in [-0.2, -0.15) is 0 Å². The van der Waals surface area contributed by atoms with E-state index in [0.29, 0.717) is 19.5 Å². The van der Waals surface area contributed by atoms with Crippen molar-refractivity contribution in [2.45, 2.75) is 33.3 Å². The van der Waals surface area contributed by atoms with E-state index in [1.54, 1.807) is 7.11 Å². The fraction of sp³-hybridized carbons (Fsp3) is 0.435. The molecule has 2 aromatic carbocycles. The highest BCUT2D eigenvalue weighted by Crippen LogP contribution is 2.28. The van der Waals surface area contributed by atoms with E-state index in [-0.39, 0.29) is 5.91 Å². The standard InChI is InChI=1S/C23H30N2O3/c1-5-21(28-19-15-17(2)14-18(3)16-19)23(26)25-12-10-24(11-13-25)20-8-6-7-9-22(20)27-4/h6-9,14-16,21H,5,10-13H2,1-4H3/t21-/m1/s1. The number of piperazine rings is 1. The predicted octanol–water partition coefficient (Wildman–Crippen LogP) is 3.82. The van der Waals surface area contributed by atoms with Crippen molar-refractivity contribution >= 4 is 11.6 Å². The Balaban J connectivity index is 1.63. The number of anilines is 1. The molecule has 0 radical (unpaired) electrons. The van der Waals surface area contributed by atoms with Crippen molar-refractivity contribution in [1.82, 2.24) is 4.90 Å². The molecule has 0 aromatic heterocycles. The summed E-state index contributed by atoms with van der Waals surface area (Å²) in [5.41, 5.74) is 3.36. The monoisotopic (exact) mass is 382 g/mol. The number of hydrogen-bond acceptors (Lipinski definition) is 4. The van der Waals surface area contributed by atoms with E-state index in [4.69, 9.17) is 9.47 Å². The van der Waals surface area contributed by atoms with Crippen LogP contribution in [0.4, 0.5) is 5.69 Å². The third-order valence-electron chi connectivity index (χ3n) is 5.14. The third-order valence-corrected chi connectivity index (χ3v) is 5.14. The predicted molar refractivity (Wildman–Crippen MR) is 112 cm³/mol. The zero-order valence-corrected chi connectivity index (χ0v) is 17.3. The first kappa shape index (κ1) is 20.1. The lowest BCUT2D eigenvalue weighted by atomic mass is 10.1. The van der Waals surface area contributed by atoms with Crippen molar-refractivity contribution in [1.29, 1.82) is 0 Å². The normalized spacial score (nSPS) is 15.3. The molecule has 0 aliphatic carbocycles. The van der Waals surface area contributed by atoms with E-state index in [9.17, 15) is 4.79 Å². The average Bonchev–Trinajstić information content (AvgIpc) is 2.71. The van der Waals surface area contributed by atoms with Crippen LogP contribution in [0.2, 0.25) is 0 Å². The van der Waals surface area contributed by atoms with Crippen molar-refractivity contribution in [3.05, 3.63) is 53.6 Å². The Morgan fingerprint density at radius 2 is 1.68 bits per heavy atom. The summed E-state index contributed by atoms with van der Waals surface area (Å²) in [5, 5.41) is 0. The van der Waals surface area contributed by atoms with Gasteiger partial charge in [-0.25, -0.2) is 0 Å². The minimum Gasteiger partial charge on any atom is -0.495 e. The van der Waals surface area contributed by atoms with Gasteiger partial charge in [0, 0.05) is 26.2 Å². The highest BCUT2D eigenvalue weighted by Gasteiger charge is 2.28. The second-order valence-corrected chi connectivity index (χ2v) is 7.32. The molecule has 0 N–H and O–H groups in total. The van der Waals surface area contributed by atoms with Crippen LogP contribution in [-0.2, 0) is 4.79 Å². The molecule has 1 saturated heterocycles. The first-order valence-corrected chi connectivity index (χ1v) is 9.93. The Bertz CT molecular complexity index is 793. The van der Waals surface area contributed by atoms with Crippen LogP contribution in [0.15, 0.2) is 42.5 Å². The van der Waals surface area contributed by atoms with E-state index in [2.05, 4.69) is 17.0 Å². The smallest absolute Gasteiger partial charge is 0.263 e. The molecule has 5 nitrogen and oxygen atoms in total. The fourth-order valence-corrected chi connectivity index (χ4v) is 3.74. The minimum absolute atomic E-state index is 0.0707. The van der Waals surface area contributed by atoms with Gasteiger partial charge < -0.3 is 19.3 Å². The number of carbonyl (C=O) groups excluding carboxylic acids is 1. The SMILES string of the molecule is CC[C@@H](Oc1cc(C)cc(C)c1)C(=O)N1CCN(c2ccccc2OC)CC1. The van der Waals surface area contributed by atoms with E-state index < -0.39 is 6.10 Å². The van der Waals surface area contributed by atoms with Gasteiger partial charge >= 0.3 is 0 Å². The summed E-state index contributed by atoms with van der Waals surface area (Å²) in [7, 11) is 1.69. The average molecular weight is 383 g/mol. The van der Waals surface area contributed by atoms with Crippen LogP contribution < -0.4 is 14.4 Å². The summed E-state index contributed by atoms with van der Waals surface area (Å²) in [5.74, 6) is 1.71. The van der Waals surface area contributed by atoms with Crippen LogP contribution >= 0.6 is 0 Å². The Morgan fingerprint density at radius 3 is 2.29 bits per heavy atom. The second kappa shape index (κ2) is 9.00. The second-order valence-electron chi connectivity index (χ2n) is 7.32. The van der Waals surface area contributed by atoms with Crippen molar-refractivity contribution in [3.63, 3.8) is 0 Å². The molecule has 5 heteroatoms. The molecule has 1 amide bonds. The van der Waals surface area contributed by atoms with Crippen LogP contribution in [0.1, 0.15) is 24.5 Å². The molecular formula is C23H30N2O3. The van der Waals surface area contributed by atoms with Crippen LogP contribution in [0.25, 0.3) is 0 Å². The molecule has 1 aliphatic heterocycles. The van der Waals surface area contributed by atoms with Gasteiger partial charge in [0.15, 0.2) is 6.10 Å². The number of amides is 1. The van der Waals surface area contributed by atoms with Crippen molar-refractivity contribution in [2.24, 2.45) is 0 Å². The van der Waals surface area contributed by atoms with Crippen LogP contribution in [0.3, 0.4) is 0 Å². The molecule has 0 saturated carbocycles. The summed E-state index contributed by atoms with van der Waals surface area (Å²) in [4.78, 5) is 17.2. The third kappa shape index (κ3) is 4.58. The van der Waals surface area contributed by atoms with E-state index in [1.165, 1.54) is 0 Å². The lowest BCUT2D eigenvalue weighted by molar-refractivity contribution is -0.139. The van der Waals surface area contributed by atoms with Crippen LogP contribution in [0.5, 0.6) is 11.5 Å². The van der Waals surface area contributed by atoms with Gasteiger partial charge in [-0.15, -0.1) is 0 Å². The fourth-order valence-electron chi connectivity index (χ4n) is 3.74. The zero-order valence-electron chi connectivity index (χ0n) is 17.3. The number of rotatable bonds is 6. The maximum Gasteiger partial charge on any atom is 0.263 e. The molecule has 1 aliphatic rings. The molecule has 3 rings (SSSR count). The number of para-hydroxylation sites is 2. The number of methoxy groups -OCH3 is 1. The summed E-state index contributed by atoms with van der Waals surface area (Å²) in [6.45, 7) is 9.01. The van der Waals surface area contributed by atoms with Gasteiger partial charge in [0.2, 0.25) is 0 Å². The Kier molecular flexibility index (Phi) is 6.45. The largest absolute Gasteiger partial charge is 0.495 e. The van der Waals surface area contributed by atoms with Gasteiger partial charge in [0.05, 0.1) is 12.8 Å². The number of carbonyl (C=O) groups is 1. The topological polar surface area (TPSA) is 42.0 Å². The number of hydrogen-bond donors (Lipinski definition) is 0. The van der Waals surface area contributed by atoms with Gasteiger partial charge in [0.1, 0.15) is 11.5 Å². The molecule has 0 bridgehead atoms. The molecular weight excluding hydrogens is 352 g/mol. The highest BCUT2D eigenvalue weighted by molar-refractivity contribution is 5.81. The molecule has 28 heavy (non-hydrogen) atoms. The summed E-state index contributed by atoms with van der Waals surface area (Å²) >= 11 is 0. The molecule has 150 valence electrons. The summed E-state index contributed by atoms with van der Waals surface area (Å²) < 4.78 is 11.5. The molecule has 1 atom stereocenters. The highest BCUT2D eigenvalue weighted by atomic mass is 16.5. The van der Waals surface area contributed by atoms with Gasteiger partial charge in [-0.3, -0.25) is 4.79 Å². The number of ether oxygens (including phenoxy) is 2. The Morgan fingerprint density at radius 1 is 1.04 bits per heavy atom. The summed E-state index contributed by atoms with van der Waals surface area (Å²) in [6.07, 6.45) is 0.206. The van der Waals surface area contributed by atoms with Gasteiger partial charge in [0.25, 0.3) is 5.91 Å². The number of nitrogens with zero attached hydrogens (tertiary/aromatic N) is 2.